The number of amides is 1. The molecule has 0 spiro atoms. The van der Waals surface area contributed by atoms with Gasteiger partial charge < -0.3 is 9.80 Å². The fraction of sp³-hybridized carbons (Fsp3) is 0.588. The van der Waals surface area contributed by atoms with Gasteiger partial charge in [-0.3, -0.25) is 10.1 Å². The fourth-order valence-corrected chi connectivity index (χ4v) is 3.13. The summed E-state index contributed by atoms with van der Waals surface area (Å²) in [5.41, 5.74) is 1.16. The van der Waals surface area contributed by atoms with E-state index in [9.17, 15) is 4.79 Å². The van der Waals surface area contributed by atoms with Crippen molar-refractivity contribution in [2.24, 2.45) is 0 Å². The highest BCUT2D eigenvalue weighted by Crippen LogP contribution is 2.29. The number of rotatable bonds is 6. The SMILES string of the molecule is CCCC1NC(c2ccccc2)N(C(C)CN(C)C)C1=O. The molecule has 3 atom stereocenters. The van der Waals surface area contributed by atoms with Crippen LogP contribution in [0.5, 0.6) is 0 Å². The second-order valence-electron chi connectivity index (χ2n) is 6.18. The highest BCUT2D eigenvalue weighted by atomic mass is 16.2. The minimum Gasteiger partial charge on any atom is -0.318 e. The van der Waals surface area contributed by atoms with Crippen molar-refractivity contribution in [1.82, 2.24) is 15.1 Å². The molecule has 4 heteroatoms. The van der Waals surface area contributed by atoms with E-state index in [1.165, 1.54) is 0 Å². The van der Waals surface area contributed by atoms with Gasteiger partial charge in [-0.2, -0.15) is 0 Å². The monoisotopic (exact) mass is 289 g/mol. The van der Waals surface area contributed by atoms with Crippen LogP contribution in [0.2, 0.25) is 0 Å². The minimum atomic E-state index is -0.0511. The maximum absolute atomic E-state index is 12.7. The first-order valence-electron chi connectivity index (χ1n) is 7.82. The molecule has 1 fully saturated rings. The smallest absolute Gasteiger partial charge is 0.241 e. The number of hydrogen-bond acceptors (Lipinski definition) is 3. The predicted molar refractivity (Wildman–Crippen MR) is 85.9 cm³/mol. The van der Waals surface area contributed by atoms with Gasteiger partial charge in [-0.15, -0.1) is 0 Å². The molecule has 1 amide bonds. The van der Waals surface area contributed by atoms with Crippen LogP contribution < -0.4 is 5.32 Å². The summed E-state index contributed by atoms with van der Waals surface area (Å²) in [7, 11) is 4.09. The molecule has 2 rings (SSSR count). The molecule has 1 heterocycles. The zero-order valence-electron chi connectivity index (χ0n) is 13.5. The number of carbonyl (C=O) groups excluding carboxylic acids is 1. The first-order chi connectivity index (χ1) is 10.0. The molecule has 4 nitrogen and oxygen atoms in total. The predicted octanol–water partition coefficient (Wildman–Crippen LogP) is 2.24. The molecule has 116 valence electrons. The third kappa shape index (κ3) is 3.63. The van der Waals surface area contributed by atoms with E-state index in [1.807, 2.05) is 37.2 Å². The molecule has 1 saturated heterocycles. The van der Waals surface area contributed by atoms with Crippen molar-refractivity contribution in [2.75, 3.05) is 20.6 Å². The molecule has 1 aliphatic rings. The maximum Gasteiger partial charge on any atom is 0.241 e. The van der Waals surface area contributed by atoms with Crippen LogP contribution in [0, 0.1) is 0 Å². The highest BCUT2D eigenvalue weighted by Gasteiger charge is 2.41. The van der Waals surface area contributed by atoms with Gasteiger partial charge in [0, 0.05) is 12.6 Å². The average Bonchev–Trinajstić information content (AvgIpc) is 2.77. The van der Waals surface area contributed by atoms with E-state index < -0.39 is 0 Å². The maximum atomic E-state index is 12.7. The molecule has 1 N–H and O–H groups in total. The van der Waals surface area contributed by atoms with E-state index in [4.69, 9.17) is 0 Å². The third-order valence-electron chi connectivity index (χ3n) is 3.99. The zero-order chi connectivity index (χ0) is 15.4. The van der Waals surface area contributed by atoms with Crippen LogP contribution in [-0.4, -0.2) is 48.4 Å². The largest absolute Gasteiger partial charge is 0.318 e. The van der Waals surface area contributed by atoms with Crippen LogP contribution in [0.15, 0.2) is 30.3 Å². The third-order valence-corrected chi connectivity index (χ3v) is 3.99. The van der Waals surface area contributed by atoms with E-state index in [2.05, 4.69) is 36.2 Å². The summed E-state index contributed by atoms with van der Waals surface area (Å²) < 4.78 is 0. The van der Waals surface area contributed by atoms with Crippen molar-refractivity contribution in [2.45, 2.75) is 44.9 Å². The lowest BCUT2D eigenvalue weighted by Crippen LogP contribution is -2.43. The Labute approximate surface area is 128 Å². The normalized spacial score (nSPS) is 23.9. The molecule has 0 radical (unpaired) electrons. The lowest BCUT2D eigenvalue weighted by atomic mass is 10.1. The fourth-order valence-electron chi connectivity index (χ4n) is 3.13. The molecule has 1 aliphatic heterocycles. The zero-order valence-corrected chi connectivity index (χ0v) is 13.5. The molecule has 0 bridgehead atoms. The molecule has 21 heavy (non-hydrogen) atoms. The van der Waals surface area contributed by atoms with E-state index in [0.29, 0.717) is 0 Å². The van der Waals surface area contributed by atoms with Crippen molar-refractivity contribution in [3.63, 3.8) is 0 Å². The molecule has 1 aromatic carbocycles. The molecule has 0 saturated carbocycles. The van der Waals surface area contributed by atoms with Gasteiger partial charge >= 0.3 is 0 Å². The van der Waals surface area contributed by atoms with Gasteiger partial charge in [0.25, 0.3) is 0 Å². The summed E-state index contributed by atoms with van der Waals surface area (Å²) in [4.78, 5) is 16.9. The van der Waals surface area contributed by atoms with Gasteiger partial charge in [0.1, 0.15) is 6.17 Å². The Morgan fingerprint density at radius 2 is 1.95 bits per heavy atom. The second kappa shape index (κ2) is 7.05. The number of nitrogens with one attached hydrogen (secondary N) is 1. The summed E-state index contributed by atoms with van der Waals surface area (Å²) in [6.07, 6.45) is 1.90. The Balaban J connectivity index is 2.25. The van der Waals surface area contributed by atoms with Crippen LogP contribution in [-0.2, 0) is 4.79 Å². The van der Waals surface area contributed by atoms with Crippen LogP contribution in [0.25, 0.3) is 0 Å². The molecule has 0 aromatic heterocycles. The van der Waals surface area contributed by atoms with Gasteiger partial charge in [0.15, 0.2) is 0 Å². The van der Waals surface area contributed by atoms with Gasteiger partial charge in [0.05, 0.1) is 6.04 Å². The van der Waals surface area contributed by atoms with Crippen molar-refractivity contribution >= 4 is 5.91 Å². The number of likely N-dealkylation sites (N-methyl/N-ethyl adjacent to an activating group) is 1. The number of hydrogen-bond donors (Lipinski definition) is 1. The van der Waals surface area contributed by atoms with E-state index >= 15 is 0 Å². The van der Waals surface area contributed by atoms with Gasteiger partial charge in [-0.05, 0) is 33.0 Å². The van der Waals surface area contributed by atoms with Crippen LogP contribution in [0.1, 0.15) is 38.4 Å². The highest BCUT2D eigenvalue weighted by molar-refractivity contribution is 5.84. The number of nitrogens with zero attached hydrogens (tertiary/aromatic N) is 2. The van der Waals surface area contributed by atoms with Crippen LogP contribution in [0.3, 0.4) is 0 Å². The second-order valence-corrected chi connectivity index (χ2v) is 6.18. The number of carbonyl (C=O) groups is 1. The van der Waals surface area contributed by atoms with E-state index in [0.717, 1.165) is 24.9 Å². The standard InChI is InChI=1S/C17H27N3O/c1-5-9-15-17(21)20(13(2)12-19(3)4)16(18-15)14-10-7-6-8-11-14/h6-8,10-11,13,15-16,18H,5,9,12H2,1-4H3. The summed E-state index contributed by atoms with van der Waals surface area (Å²) in [6.45, 7) is 5.12. The Hall–Kier alpha value is -1.39. The molecule has 3 unspecified atom stereocenters. The molecule has 1 aromatic rings. The summed E-state index contributed by atoms with van der Waals surface area (Å²) in [5, 5.41) is 3.52. The summed E-state index contributed by atoms with van der Waals surface area (Å²) in [6, 6.07) is 10.4. The first-order valence-corrected chi connectivity index (χ1v) is 7.82. The molecular formula is C17H27N3O. The first kappa shape index (κ1) is 16.0. The lowest BCUT2D eigenvalue weighted by molar-refractivity contribution is -0.132. The van der Waals surface area contributed by atoms with Gasteiger partial charge in [0.2, 0.25) is 5.91 Å². The number of benzene rings is 1. The quantitative estimate of drug-likeness (QED) is 0.872. The van der Waals surface area contributed by atoms with Crippen molar-refractivity contribution in [3.8, 4) is 0 Å². The Kier molecular flexibility index (Phi) is 5.37. The van der Waals surface area contributed by atoms with Crippen LogP contribution in [0.4, 0.5) is 0 Å². The van der Waals surface area contributed by atoms with Gasteiger partial charge in [-0.25, -0.2) is 0 Å². The van der Waals surface area contributed by atoms with Gasteiger partial charge in [-0.1, -0.05) is 43.7 Å². The topological polar surface area (TPSA) is 35.6 Å². The van der Waals surface area contributed by atoms with Crippen LogP contribution >= 0.6 is 0 Å². The molecular weight excluding hydrogens is 262 g/mol. The minimum absolute atomic E-state index is 0.00907. The van der Waals surface area contributed by atoms with Crippen molar-refractivity contribution in [3.05, 3.63) is 35.9 Å². The molecule has 0 aliphatic carbocycles. The average molecular weight is 289 g/mol. The van der Waals surface area contributed by atoms with E-state index in [1.54, 1.807) is 0 Å². The van der Waals surface area contributed by atoms with E-state index in [-0.39, 0.29) is 24.2 Å². The Bertz CT molecular complexity index is 460. The lowest BCUT2D eigenvalue weighted by Gasteiger charge is -2.32. The van der Waals surface area contributed by atoms with Crippen molar-refractivity contribution in [1.29, 1.82) is 0 Å². The summed E-state index contributed by atoms with van der Waals surface area (Å²) in [5.74, 6) is 0.236. The summed E-state index contributed by atoms with van der Waals surface area (Å²) >= 11 is 0. The Morgan fingerprint density at radius 1 is 1.29 bits per heavy atom. The van der Waals surface area contributed by atoms with Crippen molar-refractivity contribution < 1.29 is 4.79 Å². The Morgan fingerprint density at radius 3 is 2.52 bits per heavy atom.